The Morgan fingerprint density at radius 2 is 2.11 bits per heavy atom. The number of rotatable bonds is 2. The number of hydrogen-bond donors (Lipinski definition) is 2. The molecule has 1 aliphatic rings. The molecule has 1 aromatic heterocycles. The molecule has 2 N–H and O–H groups in total. The van der Waals surface area contributed by atoms with Crippen LogP contribution in [0.1, 0.15) is 16.1 Å². The van der Waals surface area contributed by atoms with Gasteiger partial charge in [-0.05, 0) is 24.6 Å². The molecule has 0 aliphatic carbocycles. The van der Waals surface area contributed by atoms with Gasteiger partial charge in [0.25, 0.3) is 0 Å². The average Bonchev–Trinajstić information content (AvgIpc) is 2.77. The van der Waals surface area contributed by atoms with E-state index in [4.69, 9.17) is 9.84 Å². The van der Waals surface area contributed by atoms with Crippen molar-refractivity contribution in [1.29, 1.82) is 0 Å². The number of anilines is 1. The van der Waals surface area contributed by atoms with Crippen LogP contribution in [0.3, 0.4) is 0 Å². The zero-order chi connectivity index (χ0) is 13.4. The highest BCUT2D eigenvalue weighted by molar-refractivity contribution is 5.98. The molecule has 1 fully saturated rings. The molecule has 0 amide bonds. The van der Waals surface area contributed by atoms with Crippen LogP contribution < -0.4 is 4.90 Å². The summed E-state index contributed by atoms with van der Waals surface area (Å²) >= 11 is 0. The Hall–Kier alpha value is -2.01. The number of benzene rings is 1. The number of aromatic carboxylic acids is 1. The van der Waals surface area contributed by atoms with Crippen LogP contribution in [-0.4, -0.2) is 42.4 Å². The zero-order valence-electron chi connectivity index (χ0n) is 10.8. The Kier molecular flexibility index (Phi) is 2.91. The molecule has 1 aromatic carbocycles. The minimum absolute atomic E-state index is 0.272. The van der Waals surface area contributed by atoms with Gasteiger partial charge in [-0.3, -0.25) is 0 Å². The summed E-state index contributed by atoms with van der Waals surface area (Å²) in [6.07, 6.45) is 0. The van der Waals surface area contributed by atoms with Crippen LogP contribution in [-0.2, 0) is 4.74 Å². The summed E-state index contributed by atoms with van der Waals surface area (Å²) in [7, 11) is 0. The van der Waals surface area contributed by atoms with Gasteiger partial charge in [0.05, 0.1) is 13.2 Å². The molecule has 19 heavy (non-hydrogen) atoms. The van der Waals surface area contributed by atoms with Gasteiger partial charge in [0.15, 0.2) is 0 Å². The lowest BCUT2D eigenvalue weighted by Gasteiger charge is -2.28. The summed E-state index contributed by atoms with van der Waals surface area (Å²) in [5.41, 5.74) is 3.04. The molecule has 2 aromatic rings. The van der Waals surface area contributed by atoms with Gasteiger partial charge >= 0.3 is 5.97 Å². The molecule has 0 bridgehead atoms. The second-order valence-electron chi connectivity index (χ2n) is 4.76. The minimum atomic E-state index is -0.915. The number of aromatic amines is 1. The summed E-state index contributed by atoms with van der Waals surface area (Å²) in [6, 6.07) is 6.04. The predicted molar refractivity (Wildman–Crippen MR) is 73.0 cm³/mol. The van der Waals surface area contributed by atoms with Crippen molar-refractivity contribution in [2.45, 2.75) is 6.92 Å². The molecule has 0 radical (unpaired) electrons. The molecule has 2 heterocycles. The molecule has 3 rings (SSSR count). The van der Waals surface area contributed by atoms with Crippen LogP contribution >= 0.6 is 0 Å². The van der Waals surface area contributed by atoms with E-state index in [1.54, 1.807) is 0 Å². The molecule has 0 saturated carbocycles. The number of fused-ring (bicyclic) bond motifs is 1. The van der Waals surface area contributed by atoms with Gasteiger partial charge in [0.1, 0.15) is 5.69 Å². The zero-order valence-corrected chi connectivity index (χ0v) is 10.8. The van der Waals surface area contributed by atoms with E-state index in [0.29, 0.717) is 0 Å². The number of carboxylic acids is 1. The number of ether oxygens (including phenoxy) is 1. The maximum atomic E-state index is 11.1. The van der Waals surface area contributed by atoms with Crippen molar-refractivity contribution >= 4 is 22.6 Å². The highest BCUT2D eigenvalue weighted by Gasteiger charge is 2.16. The first kappa shape index (κ1) is 12.0. The van der Waals surface area contributed by atoms with Gasteiger partial charge in [0, 0.05) is 29.7 Å². The minimum Gasteiger partial charge on any atom is -0.477 e. The Bertz CT molecular complexity index is 627. The Labute approximate surface area is 110 Å². The molecule has 1 saturated heterocycles. The van der Waals surface area contributed by atoms with Gasteiger partial charge in [-0.1, -0.05) is 6.07 Å². The number of carboxylic acid groups (broad SMARTS) is 1. The molecule has 0 atom stereocenters. The van der Waals surface area contributed by atoms with Crippen molar-refractivity contribution < 1.29 is 14.6 Å². The molecule has 100 valence electrons. The third kappa shape index (κ3) is 2.06. The highest BCUT2D eigenvalue weighted by Crippen LogP contribution is 2.26. The number of H-pyrrole nitrogens is 1. The summed E-state index contributed by atoms with van der Waals surface area (Å²) in [5, 5.41) is 10.1. The number of morpholine rings is 1. The molecule has 1 aliphatic heterocycles. The molecule has 5 nitrogen and oxygen atoms in total. The normalized spacial score (nSPS) is 15.9. The monoisotopic (exact) mass is 260 g/mol. The number of hydrogen-bond acceptors (Lipinski definition) is 3. The Balaban J connectivity index is 2.03. The van der Waals surface area contributed by atoms with E-state index in [2.05, 4.69) is 9.88 Å². The summed E-state index contributed by atoms with van der Waals surface area (Å²) < 4.78 is 5.34. The number of carbonyl (C=O) groups is 1. The molecule has 5 heteroatoms. The van der Waals surface area contributed by atoms with Crippen molar-refractivity contribution in [2.75, 3.05) is 31.2 Å². The van der Waals surface area contributed by atoms with Gasteiger partial charge in [-0.15, -0.1) is 0 Å². The lowest BCUT2D eigenvalue weighted by atomic mass is 10.1. The van der Waals surface area contributed by atoms with Gasteiger partial charge < -0.3 is 19.7 Å². The lowest BCUT2D eigenvalue weighted by molar-refractivity contribution is 0.0691. The quantitative estimate of drug-likeness (QED) is 0.867. The van der Waals surface area contributed by atoms with Crippen LogP contribution in [0, 0.1) is 6.92 Å². The largest absolute Gasteiger partial charge is 0.477 e. The van der Waals surface area contributed by atoms with Crippen LogP contribution in [0.5, 0.6) is 0 Å². The molecular formula is C14H16N2O3. The average molecular weight is 260 g/mol. The number of nitrogens with zero attached hydrogens (tertiary/aromatic N) is 1. The van der Waals surface area contributed by atoms with Crippen LogP contribution in [0.25, 0.3) is 10.9 Å². The van der Waals surface area contributed by atoms with E-state index in [1.165, 1.54) is 0 Å². The number of nitrogens with one attached hydrogen (secondary N) is 1. The second kappa shape index (κ2) is 4.59. The predicted octanol–water partition coefficient (Wildman–Crippen LogP) is 2.01. The summed E-state index contributed by atoms with van der Waals surface area (Å²) in [5.74, 6) is -0.915. The fourth-order valence-corrected chi connectivity index (χ4v) is 2.56. The standard InChI is InChI=1S/C14H16N2O3/c1-9-11-3-2-10(16-4-6-19-7-5-16)8-12(11)15-13(9)14(17)18/h2-3,8,15H,4-7H2,1H3,(H,17,18). The van der Waals surface area contributed by atoms with Crippen LogP contribution in [0.15, 0.2) is 18.2 Å². The van der Waals surface area contributed by atoms with E-state index < -0.39 is 5.97 Å². The van der Waals surface area contributed by atoms with Gasteiger partial charge in [-0.2, -0.15) is 0 Å². The lowest BCUT2D eigenvalue weighted by Crippen LogP contribution is -2.36. The third-order valence-electron chi connectivity index (χ3n) is 3.63. The van der Waals surface area contributed by atoms with Crippen LogP contribution in [0.4, 0.5) is 5.69 Å². The summed E-state index contributed by atoms with van der Waals surface area (Å²) in [6.45, 7) is 5.05. The van der Waals surface area contributed by atoms with E-state index in [9.17, 15) is 4.79 Å². The highest BCUT2D eigenvalue weighted by atomic mass is 16.5. The topological polar surface area (TPSA) is 65.6 Å². The Morgan fingerprint density at radius 3 is 2.79 bits per heavy atom. The van der Waals surface area contributed by atoms with Crippen molar-refractivity contribution in [3.63, 3.8) is 0 Å². The fourth-order valence-electron chi connectivity index (χ4n) is 2.56. The smallest absolute Gasteiger partial charge is 0.352 e. The van der Waals surface area contributed by atoms with E-state index in [-0.39, 0.29) is 5.69 Å². The molecule has 0 unspecified atom stereocenters. The number of aromatic nitrogens is 1. The maximum absolute atomic E-state index is 11.1. The van der Waals surface area contributed by atoms with Crippen molar-refractivity contribution in [3.8, 4) is 0 Å². The summed E-state index contributed by atoms with van der Waals surface area (Å²) in [4.78, 5) is 16.4. The molecule has 0 spiro atoms. The van der Waals surface area contributed by atoms with Crippen LogP contribution in [0.2, 0.25) is 0 Å². The second-order valence-corrected chi connectivity index (χ2v) is 4.76. The maximum Gasteiger partial charge on any atom is 0.352 e. The Morgan fingerprint density at radius 1 is 1.37 bits per heavy atom. The first-order valence-electron chi connectivity index (χ1n) is 6.35. The fraction of sp³-hybridized carbons (Fsp3) is 0.357. The molecular weight excluding hydrogens is 244 g/mol. The van der Waals surface area contributed by atoms with E-state index in [0.717, 1.165) is 48.5 Å². The van der Waals surface area contributed by atoms with Crippen molar-refractivity contribution in [2.24, 2.45) is 0 Å². The van der Waals surface area contributed by atoms with E-state index >= 15 is 0 Å². The first-order chi connectivity index (χ1) is 9.16. The van der Waals surface area contributed by atoms with Crippen molar-refractivity contribution in [1.82, 2.24) is 4.98 Å². The van der Waals surface area contributed by atoms with E-state index in [1.807, 2.05) is 25.1 Å². The van der Waals surface area contributed by atoms with Gasteiger partial charge in [0.2, 0.25) is 0 Å². The van der Waals surface area contributed by atoms with Crippen molar-refractivity contribution in [3.05, 3.63) is 29.5 Å². The number of aryl methyl sites for hydroxylation is 1. The SMILES string of the molecule is Cc1c(C(=O)O)[nH]c2cc(N3CCOCC3)ccc12. The van der Waals surface area contributed by atoms with Gasteiger partial charge in [-0.25, -0.2) is 4.79 Å². The third-order valence-corrected chi connectivity index (χ3v) is 3.63. The first-order valence-corrected chi connectivity index (χ1v) is 6.35.